The van der Waals surface area contributed by atoms with Crippen molar-refractivity contribution in [2.45, 2.75) is 71.1 Å². The quantitative estimate of drug-likeness (QED) is 0.400. The first kappa shape index (κ1) is 27.9. The first-order chi connectivity index (χ1) is 15.7. The Balaban J connectivity index is 0.00000408. The van der Waals surface area contributed by atoms with Gasteiger partial charge in [0.2, 0.25) is 0 Å². The number of allylic oxidation sites excluding steroid dienone is 5. The van der Waals surface area contributed by atoms with Crippen LogP contribution in [0.25, 0.3) is 5.57 Å². The molecular weight excluding hydrogens is 446 g/mol. The fourth-order valence-electron chi connectivity index (χ4n) is 4.87. The summed E-state index contributed by atoms with van der Waals surface area (Å²) in [5.41, 5.74) is 1.92. The number of fused-ring (bicyclic) bond motifs is 1. The van der Waals surface area contributed by atoms with Crippen LogP contribution in [0.15, 0.2) is 52.7 Å². The van der Waals surface area contributed by atoms with Crippen LogP contribution in [0.1, 0.15) is 71.8 Å². The van der Waals surface area contributed by atoms with Crippen LogP contribution in [0.5, 0.6) is 0 Å². The Morgan fingerprint density at radius 2 is 1.71 bits per heavy atom. The minimum absolute atomic E-state index is 0. The van der Waals surface area contributed by atoms with E-state index in [1.54, 1.807) is 13.2 Å². The lowest BCUT2D eigenvalue weighted by Gasteiger charge is -2.32. The predicted molar refractivity (Wildman–Crippen MR) is 142 cm³/mol. The second-order valence-corrected chi connectivity index (χ2v) is 11.4. The van der Waals surface area contributed by atoms with Crippen LogP contribution in [-0.2, 0) is 19.4 Å². The van der Waals surface area contributed by atoms with E-state index in [2.05, 4.69) is 13.8 Å². The number of carbonyl (C=O) groups is 1. The number of methoxy groups -OCH3 is 1. The summed E-state index contributed by atoms with van der Waals surface area (Å²) in [7, 11) is 1.81. The number of hydrogen-bond acceptors (Lipinski definition) is 5. The molecule has 0 unspecified atom stereocenters. The van der Waals surface area contributed by atoms with Crippen LogP contribution in [0.4, 0.5) is 5.69 Å². The molecule has 0 N–H and O–H groups in total. The third kappa shape index (κ3) is 5.48. The van der Waals surface area contributed by atoms with E-state index in [-0.39, 0.29) is 23.9 Å². The molecule has 0 saturated heterocycles. The number of rotatable bonds is 8. The fourth-order valence-corrected chi connectivity index (χ4v) is 6.94. The van der Waals surface area contributed by atoms with Crippen molar-refractivity contribution in [2.75, 3.05) is 31.9 Å². The maximum absolute atomic E-state index is 14.4. The Hall–Kier alpha value is -2.34. The van der Waals surface area contributed by atoms with Crippen molar-refractivity contribution < 1.29 is 17.9 Å². The minimum Gasteiger partial charge on any atom is -0.497 e. The number of Topliss-reactive ketones (excluding diaryl/α,β-unsaturated/α-hetero) is 1. The first-order valence-electron chi connectivity index (χ1n) is 11.9. The summed E-state index contributed by atoms with van der Waals surface area (Å²) in [6, 6.07) is 5.38. The molecule has 1 heterocycles. The van der Waals surface area contributed by atoms with Crippen molar-refractivity contribution in [2.24, 2.45) is 5.41 Å². The highest BCUT2D eigenvalue weighted by Crippen LogP contribution is 2.46. The van der Waals surface area contributed by atoms with E-state index in [9.17, 15) is 13.2 Å². The Kier molecular flexibility index (Phi) is 9.35. The highest BCUT2D eigenvalue weighted by molar-refractivity contribution is 7.91. The van der Waals surface area contributed by atoms with Crippen LogP contribution >= 0.6 is 0 Å². The Labute approximate surface area is 206 Å². The topological polar surface area (TPSA) is 63.7 Å². The van der Waals surface area contributed by atoms with Gasteiger partial charge in [0.1, 0.15) is 5.76 Å². The normalized spacial score (nSPS) is 20.6. The van der Waals surface area contributed by atoms with Crippen LogP contribution < -0.4 is 4.90 Å². The van der Waals surface area contributed by atoms with Crippen LogP contribution in [-0.4, -0.2) is 41.2 Å². The SMILES string of the molecule is C.CCCCC1(CCCC)CS(=O)(=O)c2ccc(N(C)C)cc2/C(=C2/C=CC(OC)=CC2)C1=O. The number of nitrogens with zero attached hydrogens (tertiary/aromatic N) is 1. The summed E-state index contributed by atoms with van der Waals surface area (Å²) in [4.78, 5) is 16.6. The van der Waals surface area contributed by atoms with Crippen molar-refractivity contribution >= 4 is 26.9 Å². The second-order valence-electron chi connectivity index (χ2n) is 9.40. The van der Waals surface area contributed by atoms with E-state index >= 15 is 0 Å². The molecule has 0 spiro atoms. The zero-order chi connectivity index (χ0) is 24.2. The molecule has 2 aliphatic rings. The maximum atomic E-state index is 14.4. The summed E-state index contributed by atoms with van der Waals surface area (Å²) >= 11 is 0. The standard InChI is InChI=1S/C27H37NO4S.CH4/c1-6-8-16-27(17-9-7-2)19-33(30,31)24-15-12-21(28(3)4)18-23(24)25(26(27)29)20-10-13-22(32-5)14-11-20;/h10,12-15,18H,6-9,11,16-17,19H2,1-5H3;1H4/b25-20+;. The van der Waals surface area contributed by atoms with Crippen LogP contribution in [0.2, 0.25) is 0 Å². The van der Waals surface area contributed by atoms with Gasteiger partial charge in [0, 0.05) is 36.3 Å². The molecule has 0 aromatic heterocycles. The van der Waals surface area contributed by atoms with E-state index in [0.717, 1.165) is 42.7 Å². The molecule has 0 saturated carbocycles. The number of benzene rings is 1. The molecule has 1 aromatic rings. The van der Waals surface area contributed by atoms with E-state index in [0.29, 0.717) is 30.4 Å². The highest BCUT2D eigenvalue weighted by Gasteiger charge is 2.47. The number of sulfone groups is 1. The Morgan fingerprint density at radius 3 is 2.21 bits per heavy atom. The molecule has 0 bridgehead atoms. The number of carbonyl (C=O) groups excluding carboxylic acids is 1. The summed E-state index contributed by atoms with van der Waals surface area (Å²) in [5.74, 6) is 0.613. The average Bonchev–Trinajstić information content (AvgIpc) is 2.87. The molecule has 0 amide bonds. The number of ketones is 1. The molecule has 6 heteroatoms. The highest BCUT2D eigenvalue weighted by atomic mass is 32.2. The van der Waals surface area contributed by atoms with Crippen LogP contribution in [0, 0.1) is 5.41 Å². The van der Waals surface area contributed by atoms with Crippen molar-refractivity contribution in [3.63, 3.8) is 0 Å². The van der Waals surface area contributed by atoms with Gasteiger partial charge in [-0.25, -0.2) is 8.42 Å². The molecule has 1 aromatic carbocycles. The summed E-state index contributed by atoms with van der Waals surface area (Å²) in [6.45, 7) is 4.17. The van der Waals surface area contributed by atoms with Gasteiger partial charge in [-0.1, -0.05) is 53.0 Å². The van der Waals surface area contributed by atoms with Gasteiger partial charge in [-0.15, -0.1) is 0 Å². The minimum atomic E-state index is -3.65. The van der Waals surface area contributed by atoms with Gasteiger partial charge < -0.3 is 9.64 Å². The zero-order valence-corrected chi connectivity index (χ0v) is 21.4. The second kappa shape index (κ2) is 11.4. The summed E-state index contributed by atoms with van der Waals surface area (Å²) in [6.07, 6.45) is 10.9. The molecule has 5 nitrogen and oxygen atoms in total. The fraction of sp³-hybridized carbons (Fsp3) is 0.536. The smallest absolute Gasteiger partial charge is 0.179 e. The first-order valence-corrected chi connectivity index (χ1v) is 13.6. The molecule has 1 aliphatic heterocycles. The molecule has 0 atom stereocenters. The molecule has 0 fully saturated rings. The van der Waals surface area contributed by atoms with Gasteiger partial charge in [-0.05, 0) is 55.2 Å². The lowest BCUT2D eigenvalue weighted by atomic mass is 9.71. The van der Waals surface area contributed by atoms with Crippen molar-refractivity contribution in [3.05, 3.63) is 53.3 Å². The lowest BCUT2D eigenvalue weighted by molar-refractivity contribution is -0.122. The molecule has 1 aliphatic carbocycles. The van der Waals surface area contributed by atoms with Gasteiger partial charge in [0.25, 0.3) is 0 Å². The van der Waals surface area contributed by atoms with Gasteiger partial charge in [0.15, 0.2) is 15.6 Å². The molecule has 188 valence electrons. The summed E-state index contributed by atoms with van der Waals surface area (Å²) in [5, 5.41) is 0. The van der Waals surface area contributed by atoms with Gasteiger partial charge >= 0.3 is 0 Å². The maximum Gasteiger partial charge on any atom is 0.179 e. The average molecular weight is 488 g/mol. The zero-order valence-electron chi connectivity index (χ0n) is 20.6. The Morgan fingerprint density at radius 1 is 1.06 bits per heavy atom. The van der Waals surface area contributed by atoms with Crippen molar-refractivity contribution in [1.29, 1.82) is 0 Å². The molecule has 0 radical (unpaired) electrons. The van der Waals surface area contributed by atoms with Crippen molar-refractivity contribution in [1.82, 2.24) is 0 Å². The number of ether oxygens (including phenoxy) is 1. The third-order valence-corrected chi connectivity index (χ3v) is 8.76. The number of hydrogen-bond donors (Lipinski definition) is 0. The molecule has 34 heavy (non-hydrogen) atoms. The van der Waals surface area contributed by atoms with E-state index in [4.69, 9.17) is 4.74 Å². The van der Waals surface area contributed by atoms with E-state index < -0.39 is 15.3 Å². The number of anilines is 1. The van der Waals surface area contributed by atoms with Gasteiger partial charge in [-0.3, -0.25) is 4.79 Å². The Bertz CT molecular complexity index is 1090. The monoisotopic (exact) mass is 487 g/mol. The van der Waals surface area contributed by atoms with Gasteiger partial charge in [0.05, 0.1) is 17.8 Å². The van der Waals surface area contributed by atoms with Crippen molar-refractivity contribution in [3.8, 4) is 0 Å². The third-order valence-electron chi connectivity index (χ3n) is 6.81. The molecular formula is C28H41NO4S. The summed E-state index contributed by atoms with van der Waals surface area (Å²) < 4.78 is 32.8. The number of unbranched alkanes of at least 4 members (excludes halogenated alkanes) is 2. The van der Waals surface area contributed by atoms with E-state index in [1.807, 2.05) is 49.4 Å². The largest absolute Gasteiger partial charge is 0.497 e. The lowest BCUT2D eigenvalue weighted by Crippen LogP contribution is -2.37. The van der Waals surface area contributed by atoms with Crippen LogP contribution in [0.3, 0.4) is 0 Å². The molecule has 3 rings (SSSR count). The van der Waals surface area contributed by atoms with E-state index in [1.165, 1.54) is 0 Å². The predicted octanol–water partition coefficient (Wildman–Crippen LogP) is 6.36. The van der Waals surface area contributed by atoms with Gasteiger partial charge in [-0.2, -0.15) is 0 Å².